The van der Waals surface area contributed by atoms with Crippen molar-refractivity contribution in [1.82, 2.24) is 4.98 Å². The van der Waals surface area contributed by atoms with Gasteiger partial charge >= 0.3 is 0 Å². The topological polar surface area (TPSA) is 48.1 Å². The van der Waals surface area contributed by atoms with E-state index in [0.29, 0.717) is 0 Å². The van der Waals surface area contributed by atoms with Crippen LogP contribution in [0.2, 0.25) is 0 Å². The average Bonchev–Trinajstić information content (AvgIpc) is 2.76. The van der Waals surface area contributed by atoms with E-state index in [-0.39, 0.29) is 11.5 Å². The normalized spacial score (nSPS) is 20.7. The van der Waals surface area contributed by atoms with Gasteiger partial charge in [-0.15, -0.1) is 0 Å². The molecule has 0 amide bonds. The van der Waals surface area contributed by atoms with Gasteiger partial charge < -0.3 is 10.5 Å². The predicted octanol–water partition coefficient (Wildman–Crippen LogP) is 2.67. The number of methoxy groups -OCH3 is 1. The van der Waals surface area contributed by atoms with Crippen molar-refractivity contribution in [2.45, 2.75) is 38.6 Å². The van der Waals surface area contributed by atoms with E-state index in [0.717, 1.165) is 11.4 Å². The Morgan fingerprint density at radius 3 is 2.75 bits per heavy atom. The zero-order chi connectivity index (χ0) is 11.6. The third kappa shape index (κ3) is 1.92. The minimum atomic E-state index is -0.0221. The van der Waals surface area contributed by atoms with Crippen molar-refractivity contribution in [3.8, 4) is 5.75 Å². The molecule has 3 heteroatoms. The molecule has 1 heterocycles. The van der Waals surface area contributed by atoms with E-state index in [2.05, 4.69) is 11.9 Å². The van der Waals surface area contributed by atoms with Crippen molar-refractivity contribution in [1.29, 1.82) is 0 Å². The molecule has 0 saturated heterocycles. The first kappa shape index (κ1) is 11.4. The van der Waals surface area contributed by atoms with Crippen LogP contribution in [0.5, 0.6) is 5.75 Å². The smallest absolute Gasteiger partial charge is 0.141 e. The number of pyridine rings is 1. The van der Waals surface area contributed by atoms with E-state index in [9.17, 15) is 0 Å². The van der Waals surface area contributed by atoms with Gasteiger partial charge in [-0.2, -0.15) is 0 Å². The van der Waals surface area contributed by atoms with Gasteiger partial charge in [0, 0.05) is 6.20 Å². The zero-order valence-corrected chi connectivity index (χ0v) is 10.1. The molecule has 1 saturated carbocycles. The molecular formula is C13H20N2O. The molecule has 0 radical (unpaired) electrons. The molecule has 88 valence electrons. The Bertz CT molecular complexity index is 359. The minimum Gasteiger partial charge on any atom is -0.495 e. The molecule has 1 aliphatic rings. The summed E-state index contributed by atoms with van der Waals surface area (Å²) in [5, 5.41) is 0. The van der Waals surface area contributed by atoms with Crippen LogP contribution in [0.4, 0.5) is 0 Å². The van der Waals surface area contributed by atoms with Crippen molar-refractivity contribution in [2.75, 3.05) is 7.11 Å². The molecule has 1 aliphatic carbocycles. The number of rotatable bonds is 3. The molecule has 2 rings (SSSR count). The molecule has 1 fully saturated rings. The lowest BCUT2D eigenvalue weighted by atomic mass is 9.79. The summed E-state index contributed by atoms with van der Waals surface area (Å²) in [6.07, 6.45) is 6.72. The van der Waals surface area contributed by atoms with Crippen LogP contribution in [-0.4, -0.2) is 12.1 Å². The van der Waals surface area contributed by atoms with Crippen molar-refractivity contribution in [2.24, 2.45) is 11.1 Å². The molecule has 0 spiro atoms. The van der Waals surface area contributed by atoms with Crippen molar-refractivity contribution < 1.29 is 4.74 Å². The Hall–Kier alpha value is -1.09. The summed E-state index contributed by atoms with van der Waals surface area (Å²) in [6.45, 7) is 2.26. The van der Waals surface area contributed by atoms with Crippen LogP contribution in [-0.2, 0) is 0 Å². The number of hydrogen-bond acceptors (Lipinski definition) is 3. The summed E-state index contributed by atoms with van der Waals surface area (Å²) in [4.78, 5) is 4.39. The van der Waals surface area contributed by atoms with Crippen molar-refractivity contribution in [3.63, 3.8) is 0 Å². The summed E-state index contributed by atoms with van der Waals surface area (Å²) in [6, 6.07) is 3.79. The highest BCUT2D eigenvalue weighted by molar-refractivity contribution is 5.30. The predicted molar refractivity (Wildman–Crippen MR) is 64.3 cm³/mol. The molecule has 16 heavy (non-hydrogen) atoms. The number of hydrogen-bond donors (Lipinski definition) is 1. The quantitative estimate of drug-likeness (QED) is 0.852. The Morgan fingerprint density at radius 1 is 1.44 bits per heavy atom. The molecule has 0 aromatic carbocycles. The van der Waals surface area contributed by atoms with E-state index in [4.69, 9.17) is 10.5 Å². The van der Waals surface area contributed by atoms with Gasteiger partial charge in [-0.05, 0) is 30.4 Å². The largest absolute Gasteiger partial charge is 0.495 e. The first-order chi connectivity index (χ1) is 7.67. The highest BCUT2D eigenvalue weighted by Crippen LogP contribution is 2.46. The first-order valence-corrected chi connectivity index (χ1v) is 5.92. The second-order valence-corrected chi connectivity index (χ2v) is 4.93. The zero-order valence-electron chi connectivity index (χ0n) is 10.1. The number of nitrogens with zero attached hydrogens (tertiary/aromatic N) is 1. The van der Waals surface area contributed by atoms with Gasteiger partial charge in [0.1, 0.15) is 5.75 Å². The van der Waals surface area contributed by atoms with Crippen LogP contribution in [0.15, 0.2) is 18.3 Å². The molecule has 2 N–H and O–H groups in total. The summed E-state index contributed by atoms with van der Waals surface area (Å²) >= 11 is 0. The number of aromatic nitrogens is 1. The standard InChI is InChI=1S/C13H20N2O/c1-13(7-3-4-8-13)12(14)11-10(16-2)6-5-9-15-11/h5-6,9,12H,3-4,7-8,14H2,1-2H3. The maximum atomic E-state index is 6.37. The monoisotopic (exact) mass is 220 g/mol. The second-order valence-electron chi connectivity index (χ2n) is 4.93. The maximum Gasteiger partial charge on any atom is 0.141 e. The third-order valence-electron chi connectivity index (χ3n) is 3.81. The van der Waals surface area contributed by atoms with Crippen LogP contribution in [0.3, 0.4) is 0 Å². The molecule has 3 nitrogen and oxygen atoms in total. The Morgan fingerprint density at radius 2 is 2.12 bits per heavy atom. The highest BCUT2D eigenvalue weighted by atomic mass is 16.5. The van der Waals surface area contributed by atoms with Gasteiger partial charge in [0.05, 0.1) is 18.8 Å². The number of nitrogens with two attached hydrogens (primary N) is 1. The fourth-order valence-electron chi connectivity index (χ4n) is 2.63. The van der Waals surface area contributed by atoms with E-state index >= 15 is 0 Å². The molecule has 0 bridgehead atoms. The van der Waals surface area contributed by atoms with Gasteiger partial charge in [0.2, 0.25) is 0 Å². The SMILES string of the molecule is COc1cccnc1C(N)C1(C)CCCC1. The van der Waals surface area contributed by atoms with E-state index in [1.54, 1.807) is 13.3 Å². The molecule has 1 aromatic heterocycles. The van der Waals surface area contributed by atoms with E-state index in [1.165, 1.54) is 25.7 Å². The van der Waals surface area contributed by atoms with Crippen LogP contribution in [0.1, 0.15) is 44.3 Å². The Balaban J connectivity index is 2.29. The first-order valence-electron chi connectivity index (χ1n) is 5.92. The summed E-state index contributed by atoms with van der Waals surface area (Å²) < 4.78 is 5.33. The number of ether oxygens (including phenoxy) is 1. The van der Waals surface area contributed by atoms with Crippen molar-refractivity contribution in [3.05, 3.63) is 24.0 Å². The molecule has 1 aromatic rings. The molecule has 1 unspecified atom stereocenters. The van der Waals surface area contributed by atoms with Gasteiger partial charge in [0.15, 0.2) is 0 Å². The summed E-state index contributed by atoms with van der Waals surface area (Å²) in [7, 11) is 1.67. The fraction of sp³-hybridized carbons (Fsp3) is 0.615. The minimum absolute atomic E-state index is 0.0221. The maximum absolute atomic E-state index is 6.37. The van der Waals surface area contributed by atoms with Crippen LogP contribution in [0.25, 0.3) is 0 Å². The van der Waals surface area contributed by atoms with Crippen LogP contribution < -0.4 is 10.5 Å². The average molecular weight is 220 g/mol. The van der Waals surface area contributed by atoms with Gasteiger partial charge in [-0.3, -0.25) is 4.98 Å². The van der Waals surface area contributed by atoms with E-state index < -0.39 is 0 Å². The van der Waals surface area contributed by atoms with E-state index in [1.807, 2.05) is 12.1 Å². The van der Waals surface area contributed by atoms with Crippen molar-refractivity contribution >= 4 is 0 Å². The van der Waals surface area contributed by atoms with Crippen LogP contribution in [0, 0.1) is 5.41 Å². The molecular weight excluding hydrogens is 200 g/mol. The second kappa shape index (κ2) is 4.42. The highest BCUT2D eigenvalue weighted by Gasteiger charge is 2.37. The Kier molecular flexibility index (Phi) is 3.15. The summed E-state index contributed by atoms with van der Waals surface area (Å²) in [5.41, 5.74) is 7.45. The molecule has 0 aliphatic heterocycles. The summed E-state index contributed by atoms with van der Waals surface area (Å²) in [5.74, 6) is 0.808. The Labute approximate surface area is 97.0 Å². The van der Waals surface area contributed by atoms with Gasteiger partial charge in [-0.25, -0.2) is 0 Å². The lowest BCUT2D eigenvalue weighted by Crippen LogP contribution is -2.30. The van der Waals surface area contributed by atoms with Gasteiger partial charge in [-0.1, -0.05) is 19.8 Å². The fourth-order valence-corrected chi connectivity index (χ4v) is 2.63. The molecule has 1 atom stereocenters. The lowest BCUT2D eigenvalue weighted by molar-refractivity contribution is 0.254. The lowest BCUT2D eigenvalue weighted by Gasteiger charge is -2.31. The van der Waals surface area contributed by atoms with Gasteiger partial charge in [0.25, 0.3) is 0 Å². The third-order valence-corrected chi connectivity index (χ3v) is 3.81. The van der Waals surface area contributed by atoms with Crippen LogP contribution >= 0.6 is 0 Å².